The Balaban J connectivity index is 3.60. The molecule has 14 heavy (non-hydrogen) atoms. The van der Waals surface area contributed by atoms with Gasteiger partial charge in [-0.1, -0.05) is 70.9 Å². The Labute approximate surface area is 90.8 Å². The zero-order valence-corrected chi connectivity index (χ0v) is 9.80. The molecule has 0 saturated heterocycles. The molecule has 0 bridgehead atoms. The van der Waals surface area contributed by atoms with Crippen molar-refractivity contribution in [2.24, 2.45) is 5.92 Å². The molecule has 0 heteroatoms. The Morgan fingerprint density at radius 2 is 1.86 bits per heavy atom. The van der Waals surface area contributed by atoms with Crippen molar-refractivity contribution in [3.8, 4) is 0 Å². The lowest BCUT2D eigenvalue weighted by atomic mass is 9.92. The first-order valence-electron chi connectivity index (χ1n) is 6.08. The molecular weight excluding hydrogens is 168 g/mol. The van der Waals surface area contributed by atoms with E-state index in [-0.39, 0.29) is 0 Å². The second kappa shape index (κ2) is 10.8. The summed E-state index contributed by atoms with van der Waals surface area (Å²) in [5.74, 6) is 0.888. The number of hydrogen-bond acceptors (Lipinski definition) is 0. The van der Waals surface area contributed by atoms with Gasteiger partial charge in [0.25, 0.3) is 0 Å². The van der Waals surface area contributed by atoms with Gasteiger partial charge in [0.05, 0.1) is 0 Å². The van der Waals surface area contributed by atoms with Crippen molar-refractivity contribution >= 4 is 0 Å². The van der Waals surface area contributed by atoms with Crippen molar-refractivity contribution in [2.75, 3.05) is 0 Å². The summed E-state index contributed by atoms with van der Waals surface area (Å²) < 4.78 is 0. The van der Waals surface area contributed by atoms with Gasteiger partial charge in [0.15, 0.2) is 0 Å². The van der Waals surface area contributed by atoms with Gasteiger partial charge >= 0.3 is 0 Å². The monoisotopic (exact) mass is 194 g/mol. The standard InChI is InChI=1S/C14H26/c1-4-7-10-13-14(11-8-5-2)12-9-6-3/h5,8,14H,1-2,4,6-7,9-13H2,3H3/b8-5+. The minimum absolute atomic E-state index is 0.888. The van der Waals surface area contributed by atoms with E-state index in [4.69, 9.17) is 0 Å². The maximum Gasteiger partial charge on any atom is -0.0316 e. The van der Waals surface area contributed by atoms with E-state index >= 15 is 0 Å². The van der Waals surface area contributed by atoms with E-state index in [1.807, 2.05) is 6.08 Å². The highest BCUT2D eigenvalue weighted by atomic mass is 14.1. The highest BCUT2D eigenvalue weighted by Crippen LogP contribution is 2.20. The average molecular weight is 194 g/mol. The molecule has 1 atom stereocenters. The predicted octanol–water partition coefficient (Wildman–Crippen LogP) is 4.97. The third kappa shape index (κ3) is 8.34. The molecule has 0 saturated carbocycles. The molecule has 0 spiro atoms. The number of allylic oxidation sites excluding steroid dienone is 2. The van der Waals surface area contributed by atoms with Crippen LogP contribution < -0.4 is 0 Å². The fourth-order valence-corrected chi connectivity index (χ4v) is 1.77. The van der Waals surface area contributed by atoms with E-state index < -0.39 is 0 Å². The van der Waals surface area contributed by atoms with E-state index in [1.165, 1.54) is 44.9 Å². The molecule has 0 aliphatic rings. The molecule has 0 heterocycles. The third-order valence-corrected chi connectivity index (χ3v) is 2.71. The van der Waals surface area contributed by atoms with Crippen LogP contribution in [0, 0.1) is 19.8 Å². The molecule has 0 aliphatic carbocycles. The second-order valence-electron chi connectivity index (χ2n) is 4.06. The Morgan fingerprint density at radius 1 is 1.14 bits per heavy atom. The van der Waals surface area contributed by atoms with Gasteiger partial charge in [-0.15, -0.1) is 0 Å². The van der Waals surface area contributed by atoms with Crippen molar-refractivity contribution in [3.63, 3.8) is 0 Å². The highest BCUT2D eigenvalue weighted by Gasteiger charge is 2.05. The summed E-state index contributed by atoms with van der Waals surface area (Å²) in [6, 6.07) is 0. The Bertz CT molecular complexity index is 124. The minimum Gasteiger partial charge on any atom is -0.0883 e. The molecule has 0 aromatic carbocycles. The largest absolute Gasteiger partial charge is 0.0883 e. The van der Waals surface area contributed by atoms with Crippen LogP contribution in [0.5, 0.6) is 0 Å². The number of rotatable bonds is 9. The van der Waals surface area contributed by atoms with E-state index in [2.05, 4.69) is 26.8 Å². The quantitative estimate of drug-likeness (QED) is 0.455. The average Bonchev–Trinajstić information content (AvgIpc) is 2.21. The van der Waals surface area contributed by atoms with Crippen molar-refractivity contribution in [1.29, 1.82) is 0 Å². The molecule has 0 fully saturated rings. The minimum atomic E-state index is 0.888. The first-order valence-corrected chi connectivity index (χ1v) is 6.08. The Morgan fingerprint density at radius 3 is 2.43 bits per heavy atom. The van der Waals surface area contributed by atoms with Gasteiger partial charge in [-0.3, -0.25) is 0 Å². The molecular formula is C14H26. The van der Waals surface area contributed by atoms with Gasteiger partial charge in [0.2, 0.25) is 0 Å². The second-order valence-corrected chi connectivity index (χ2v) is 4.06. The lowest BCUT2D eigenvalue weighted by Crippen LogP contribution is -1.99. The molecule has 0 nitrogen and oxygen atoms in total. The van der Waals surface area contributed by atoms with Crippen LogP contribution in [0.3, 0.4) is 0 Å². The zero-order valence-electron chi connectivity index (χ0n) is 9.80. The number of hydrogen-bond donors (Lipinski definition) is 0. The highest BCUT2D eigenvalue weighted by molar-refractivity contribution is 4.85. The summed E-state index contributed by atoms with van der Waals surface area (Å²) in [5.41, 5.74) is 0. The van der Waals surface area contributed by atoms with Crippen LogP contribution >= 0.6 is 0 Å². The van der Waals surface area contributed by atoms with E-state index in [1.54, 1.807) is 0 Å². The van der Waals surface area contributed by atoms with Gasteiger partial charge in [0, 0.05) is 0 Å². The van der Waals surface area contributed by atoms with Crippen LogP contribution in [0.4, 0.5) is 0 Å². The fourth-order valence-electron chi connectivity index (χ4n) is 1.77. The molecule has 0 rings (SSSR count). The Hall–Kier alpha value is -0.260. The van der Waals surface area contributed by atoms with Crippen molar-refractivity contribution in [2.45, 2.75) is 58.3 Å². The summed E-state index contributed by atoms with van der Waals surface area (Å²) in [4.78, 5) is 0. The summed E-state index contributed by atoms with van der Waals surface area (Å²) in [7, 11) is 0. The van der Waals surface area contributed by atoms with Crippen LogP contribution in [0.1, 0.15) is 58.3 Å². The van der Waals surface area contributed by atoms with Gasteiger partial charge < -0.3 is 0 Å². The summed E-state index contributed by atoms with van der Waals surface area (Å²) >= 11 is 0. The number of unbranched alkanes of at least 4 members (excludes halogenated alkanes) is 3. The summed E-state index contributed by atoms with van der Waals surface area (Å²) in [6.45, 7) is 9.89. The van der Waals surface area contributed by atoms with Gasteiger partial charge in [-0.2, -0.15) is 0 Å². The van der Waals surface area contributed by atoms with Gasteiger partial charge in [-0.05, 0) is 19.3 Å². The molecule has 0 aromatic heterocycles. The van der Waals surface area contributed by atoms with E-state index in [0.29, 0.717) is 0 Å². The van der Waals surface area contributed by atoms with Crippen LogP contribution in [-0.2, 0) is 0 Å². The SMILES string of the molecule is [CH2]/C=C/CC(CCCC)CCCC[CH2]. The molecule has 0 amide bonds. The first-order chi connectivity index (χ1) is 6.85. The predicted molar refractivity (Wildman–Crippen MR) is 66.0 cm³/mol. The zero-order chi connectivity index (χ0) is 10.6. The molecule has 1 unspecified atom stereocenters. The van der Waals surface area contributed by atoms with Crippen LogP contribution in [0.25, 0.3) is 0 Å². The molecule has 0 N–H and O–H groups in total. The van der Waals surface area contributed by atoms with Crippen molar-refractivity contribution < 1.29 is 0 Å². The van der Waals surface area contributed by atoms with Gasteiger partial charge in [0.1, 0.15) is 0 Å². The van der Waals surface area contributed by atoms with Crippen LogP contribution in [0.15, 0.2) is 12.2 Å². The normalized spacial score (nSPS) is 13.6. The van der Waals surface area contributed by atoms with Gasteiger partial charge in [-0.25, -0.2) is 0 Å². The summed E-state index contributed by atoms with van der Waals surface area (Å²) in [5, 5.41) is 0. The maximum absolute atomic E-state index is 3.88. The Kier molecular flexibility index (Phi) is 10.6. The van der Waals surface area contributed by atoms with Crippen molar-refractivity contribution in [3.05, 3.63) is 26.0 Å². The molecule has 82 valence electrons. The molecule has 0 aliphatic heterocycles. The molecule has 2 radical (unpaired) electrons. The lowest BCUT2D eigenvalue weighted by Gasteiger charge is -2.14. The topological polar surface area (TPSA) is 0 Å². The first kappa shape index (κ1) is 13.7. The fraction of sp³-hybridized carbons (Fsp3) is 0.714. The van der Waals surface area contributed by atoms with Crippen LogP contribution in [-0.4, -0.2) is 0 Å². The smallest absolute Gasteiger partial charge is 0.0316 e. The van der Waals surface area contributed by atoms with E-state index in [9.17, 15) is 0 Å². The third-order valence-electron chi connectivity index (χ3n) is 2.71. The van der Waals surface area contributed by atoms with E-state index in [0.717, 1.165) is 12.3 Å². The van der Waals surface area contributed by atoms with Crippen LogP contribution in [0.2, 0.25) is 0 Å². The summed E-state index contributed by atoms with van der Waals surface area (Å²) in [6.07, 6.45) is 14.6. The lowest BCUT2D eigenvalue weighted by molar-refractivity contribution is 0.420. The maximum atomic E-state index is 3.88. The van der Waals surface area contributed by atoms with Crippen molar-refractivity contribution in [1.82, 2.24) is 0 Å². The molecule has 0 aromatic rings.